The molecule has 0 spiro atoms. The van der Waals surface area contributed by atoms with Gasteiger partial charge in [-0.3, -0.25) is 4.79 Å². The largest absolute Gasteiger partial charge is 0.377 e. The molecule has 0 aromatic rings. The van der Waals surface area contributed by atoms with Crippen molar-refractivity contribution >= 4 is 5.91 Å². The third-order valence-electron chi connectivity index (χ3n) is 2.32. The minimum absolute atomic E-state index is 0.0284. The molecule has 0 aromatic heterocycles. The number of ether oxygens (including phenoxy) is 1. The van der Waals surface area contributed by atoms with E-state index in [4.69, 9.17) is 4.74 Å². The maximum Gasteiger partial charge on any atom is 0.216 e. The zero-order valence-electron chi connectivity index (χ0n) is 8.84. The highest BCUT2D eigenvalue weighted by Gasteiger charge is 2.12. The molecule has 1 amide bonds. The zero-order valence-corrected chi connectivity index (χ0v) is 8.84. The summed E-state index contributed by atoms with van der Waals surface area (Å²) in [4.78, 5) is 10.5. The standard InChI is InChI=1S/C10H20N2O2/c1-9(13)12-6-5-11-8-10-4-2-3-7-14-10/h10-11H,2-8H2,1H3,(H,12,13). The van der Waals surface area contributed by atoms with E-state index >= 15 is 0 Å². The van der Waals surface area contributed by atoms with E-state index in [0.717, 1.165) is 26.1 Å². The maximum absolute atomic E-state index is 10.5. The summed E-state index contributed by atoms with van der Waals surface area (Å²) in [5, 5.41) is 6.01. The molecule has 4 nitrogen and oxygen atoms in total. The number of hydrogen-bond acceptors (Lipinski definition) is 3. The summed E-state index contributed by atoms with van der Waals surface area (Å²) in [6.45, 7) is 4.85. The van der Waals surface area contributed by atoms with Gasteiger partial charge >= 0.3 is 0 Å². The van der Waals surface area contributed by atoms with Crippen LogP contribution in [0.4, 0.5) is 0 Å². The molecule has 0 aromatic carbocycles. The highest BCUT2D eigenvalue weighted by atomic mass is 16.5. The minimum Gasteiger partial charge on any atom is -0.377 e. The van der Waals surface area contributed by atoms with Crippen molar-refractivity contribution in [3.63, 3.8) is 0 Å². The lowest BCUT2D eigenvalue weighted by molar-refractivity contribution is -0.118. The Labute approximate surface area is 85.4 Å². The van der Waals surface area contributed by atoms with Gasteiger partial charge in [0.15, 0.2) is 0 Å². The van der Waals surface area contributed by atoms with Crippen LogP contribution < -0.4 is 10.6 Å². The van der Waals surface area contributed by atoms with Crippen LogP contribution in [0.15, 0.2) is 0 Å². The number of hydrogen-bond donors (Lipinski definition) is 2. The molecular formula is C10H20N2O2. The van der Waals surface area contributed by atoms with Crippen molar-refractivity contribution < 1.29 is 9.53 Å². The van der Waals surface area contributed by atoms with E-state index in [9.17, 15) is 4.79 Å². The first-order valence-corrected chi connectivity index (χ1v) is 5.36. The van der Waals surface area contributed by atoms with E-state index in [0.29, 0.717) is 12.6 Å². The number of rotatable bonds is 5. The van der Waals surface area contributed by atoms with E-state index in [1.54, 1.807) is 0 Å². The Morgan fingerprint density at radius 1 is 1.43 bits per heavy atom. The van der Waals surface area contributed by atoms with Gasteiger partial charge in [-0.05, 0) is 19.3 Å². The van der Waals surface area contributed by atoms with E-state index in [1.165, 1.54) is 19.8 Å². The van der Waals surface area contributed by atoms with Gasteiger partial charge in [-0.2, -0.15) is 0 Å². The number of carbonyl (C=O) groups excluding carboxylic acids is 1. The van der Waals surface area contributed by atoms with Crippen LogP contribution in [-0.4, -0.2) is 38.3 Å². The van der Waals surface area contributed by atoms with Crippen molar-refractivity contribution in [2.24, 2.45) is 0 Å². The van der Waals surface area contributed by atoms with Crippen LogP contribution in [0.2, 0.25) is 0 Å². The monoisotopic (exact) mass is 200 g/mol. The topological polar surface area (TPSA) is 50.4 Å². The molecule has 2 N–H and O–H groups in total. The summed E-state index contributed by atoms with van der Waals surface area (Å²) in [5.74, 6) is 0.0284. The third-order valence-corrected chi connectivity index (χ3v) is 2.32. The van der Waals surface area contributed by atoms with Gasteiger partial charge in [-0.15, -0.1) is 0 Å². The maximum atomic E-state index is 10.5. The normalized spacial score (nSPS) is 21.9. The fourth-order valence-electron chi connectivity index (χ4n) is 1.56. The number of amides is 1. The Kier molecular flexibility index (Phi) is 5.56. The number of carbonyl (C=O) groups is 1. The molecule has 1 rings (SSSR count). The van der Waals surface area contributed by atoms with Crippen LogP contribution in [0.3, 0.4) is 0 Å². The first-order valence-electron chi connectivity index (χ1n) is 5.36. The van der Waals surface area contributed by atoms with Gasteiger partial charge in [0.05, 0.1) is 6.10 Å². The van der Waals surface area contributed by atoms with Gasteiger partial charge in [-0.1, -0.05) is 0 Å². The first kappa shape index (κ1) is 11.5. The van der Waals surface area contributed by atoms with Crippen molar-refractivity contribution in [2.45, 2.75) is 32.3 Å². The van der Waals surface area contributed by atoms with Crippen molar-refractivity contribution in [3.8, 4) is 0 Å². The molecule has 1 aliphatic heterocycles. The van der Waals surface area contributed by atoms with Gasteiger partial charge < -0.3 is 15.4 Å². The molecule has 1 unspecified atom stereocenters. The quantitative estimate of drug-likeness (QED) is 0.627. The van der Waals surface area contributed by atoms with Gasteiger partial charge in [0, 0.05) is 33.2 Å². The lowest BCUT2D eigenvalue weighted by Gasteiger charge is -2.22. The van der Waals surface area contributed by atoms with Crippen molar-refractivity contribution in [1.82, 2.24) is 10.6 Å². The van der Waals surface area contributed by atoms with Crippen LogP contribution in [-0.2, 0) is 9.53 Å². The van der Waals surface area contributed by atoms with Gasteiger partial charge in [0.25, 0.3) is 0 Å². The second-order valence-electron chi connectivity index (χ2n) is 3.68. The highest BCUT2D eigenvalue weighted by molar-refractivity contribution is 5.72. The third kappa shape index (κ3) is 5.19. The predicted octanol–water partition coefficient (Wildman–Crippen LogP) is 0.281. The highest BCUT2D eigenvalue weighted by Crippen LogP contribution is 2.11. The van der Waals surface area contributed by atoms with Crippen LogP contribution in [0, 0.1) is 0 Å². The van der Waals surface area contributed by atoms with E-state index in [2.05, 4.69) is 10.6 Å². The molecule has 82 valence electrons. The number of nitrogens with one attached hydrogen (secondary N) is 2. The zero-order chi connectivity index (χ0) is 10.2. The molecular weight excluding hydrogens is 180 g/mol. The lowest BCUT2D eigenvalue weighted by Crippen LogP contribution is -2.36. The fourth-order valence-corrected chi connectivity index (χ4v) is 1.56. The average molecular weight is 200 g/mol. The van der Waals surface area contributed by atoms with E-state index in [-0.39, 0.29) is 5.91 Å². The van der Waals surface area contributed by atoms with Gasteiger partial charge in [-0.25, -0.2) is 0 Å². The Morgan fingerprint density at radius 3 is 2.93 bits per heavy atom. The van der Waals surface area contributed by atoms with Crippen LogP contribution in [0.25, 0.3) is 0 Å². The van der Waals surface area contributed by atoms with Crippen LogP contribution >= 0.6 is 0 Å². The molecule has 1 aliphatic rings. The summed E-state index contributed by atoms with van der Waals surface area (Å²) in [5.41, 5.74) is 0. The predicted molar refractivity (Wildman–Crippen MR) is 55.1 cm³/mol. The molecule has 0 radical (unpaired) electrons. The van der Waals surface area contributed by atoms with Crippen molar-refractivity contribution in [1.29, 1.82) is 0 Å². The summed E-state index contributed by atoms with van der Waals surface area (Å²) in [6, 6.07) is 0. The van der Waals surface area contributed by atoms with Gasteiger partial charge in [0.1, 0.15) is 0 Å². The summed E-state index contributed by atoms with van der Waals surface area (Å²) in [6.07, 6.45) is 4.01. The molecule has 1 saturated heterocycles. The average Bonchev–Trinajstić information content (AvgIpc) is 2.18. The van der Waals surface area contributed by atoms with E-state index in [1.807, 2.05) is 0 Å². The molecule has 0 saturated carbocycles. The fraction of sp³-hybridized carbons (Fsp3) is 0.900. The summed E-state index contributed by atoms with van der Waals surface area (Å²) in [7, 11) is 0. The molecule has 1 heterocycles. The second kappa shape index (κ2) is 6.79. The Balaban J connectivity index is 1.90. The van der Waals surface area contributed by atoms with E-state index < -0.39 is 0 Å². The second-order valence-corrected chi connectivity index (χ2v) is 3.68. The minimum atomic E-state index is 0.0284. The molecule has 4 heteroatoms. The van der Waals surface area contributed by atoms with Crippen LogP contribution in [0.5, 0.6) is 0 Å². The van der Waals surface area contributed by atoms with Crippen LogP contribution in [0.1, 0.15) is 26.2 Å². The first-order chi connectivity index (χ1) is 6.79. The smallest absolute Gasteiger partial charge is 0.216 e. The Bertz CT molecular complexity index is 168. The Morgan fingerprint density at radius 2 is 2.29 bits per heavy atom. The SMILES string of the molecule is CC(=O)NCCNCC1CCCCO1. The molecule has 0 bridgehead atoms. The summed E-state index contributed by atoms with van der Waals surface area (Å²) >= 11 is 0. The Hall–Kier alpha value is -0.610. The van der Waals surface area contributed by atoms with Gasteiger partial charge in [0.2, 0.25) is 5.91 Å². The lowest BCUT2D eigenvalue weighted by atomic mass is 10.1. The van der Waals surface area contributed by atoms with Crippen molar-refractivity contribution in [2.75, 3.05) is 26.2 Å². The molecule has 14 heavy (non-hydrogen) atoms. The molecule has 0 aliphatic carbocycles. The van der Waals surface area contributed by atoms with Crippen molar-refractivity contribution in [3.05, 3.63) is 0 Å². The molecule has 1 atom stereocenters. The molecule has 1 fully saturated rings. The summed E-state index contributed by atoms with van der Waals surface area (Å²) < 4.78 is 5.56.